The number of rotatable bonds is 7. The Morgan fingerprint density at radius 1 is 1.53 bits per heavy atom. The van der Waals surface area contributed by atoms with Crippen molar-refractivity contribution in [3.05, 3.63) is 35.8 Å². The van der Waals surface area contributed by atoms with Crippen molar-refractivity contribution in [3.63, 3.8) is 0 Å². The molecule has 0 bridgehead atoms. The predicted octanol–water partition coefficient (Wildman–Crippen LogP) is 1.16. The third-order valence-electron chi connectivity index (χ3n) is 2.80. The highest BCUT2D eigenvalue weighted by atomic mass is 16.5. The number of carbonyl (C=O) groups is 1. The van der Waals surface area contributed by atoms with Crippen LogP contribution in [0.15, 0.2) is 24.4 Å². The highest BCUT2D eigenvalue weighted by Crippen LogP contribution is 2.09. The second-order valence-corrected chi connectivity index (χ2v) is 4.20. The number of methoxy groups -OCH3 is 1. The Balaban J connectivity index is 2.07. The molecule has 0 aliphatic carbocycles. The molecule has 0 radical (unpaired) electrons. The first-order chi connectivity index (χ1) is 9.22. The quantitative estimate of drug-likeness (QED) is 0.733. The third-order valence-corrected chi connectivity index (χ3v) is 2.80. The normalized spacial score (nSPS) is 11.0. The van der Waals surface area contributed by atoms with Crippen LogP contribution in [0.3, 0.4) is 0 Å². The van der Waals surface area contributed by atoms with Crippen LogP contribution in [0, 0.1) is 0 Å². The van der Waals surface area contributed by atoms with Gasteiger partial charge >= 0.3 is 5.97 Å². The van der Waals surface area contributed by atoms with Crippen molar-refractivity contribution in [1.82, 2.24) is 14.7 Å². The molecule has 19 heavy (non-hydrogen) atoms. The van der Waals surface area contributed by atoms with Gasteiger partial charge in [0, 0.05) is 32.2 Å². The summed E-state index contributed by atoms with van der Waals surface area (Å²) in [5.41, 5.74) is 1.69. The first-order valence-corrected chi connectivity index (χ1v) is 6.12. The van der Waals surface area contributed by atoms with Gasteiger partial charge in [-0.3, -0.25) is 0 Å². The number of aromatic carboxylic acids is 1. The molecular weight excluding hydrogens is 246 g/mol. The molecule has 0 aliphatic rings. The van der Waals surface area contributed by atoms with E-state index in [0.29, 0.717) is 12.2 Å². The van der Waals surface area contributed by atoms with E-state index in [1.165, 1.54) is 0 Å². The Bertz CT molecular complexity index is 565. The first kappa shape index (κ1) is 13.5. The van der Waals surface area contributed by atoms with Crippen molar-refractivity contribution < 1.29 is 14.6 Å². The number of hydrogen-bond acceptors (Lipinski definition) is 4. The maximum atomic E-state index is 10.9. The molecule has 0 atom stereocenters. The van der Waals surface area contributed by atoms with E-state index in [-0.39, 0.29) is 5.69 Å². The Morgan fingerprint density at radius 3 is 3.11 bits per heavy atom. The molecule has 0 saturated heterocycles. The van der Waals surface area contributed by atoms with E-state index in [4.69, 9.17) is 9.84 Å². The van der Waals surface area contributed by atoms with Crippen LogP contribution in [-0.4, -0.2) is 40.7 Å². The summed E-state index contributed by atoms with van der Waals surface area (Å²) < 4.78 is 6.77. The van der Waals surface area contributed by atoms with Crippen molar-refractivity contribution in [2.45, 2.75) is 13.0 Å². The van der Waals surface area contributed by atoms with E-state index < -0.39 is 5.97 Å². The van der Waals surface area contributed by atoms with Gasteiger partial charge in [0.1, 0.15) is 5.65 Å². The molecule has 0 fully saturated rings. The van der Waals surface area contributed by atoms with Crippen LogP contribution in [0.2, 0.25) is 0 Å². The van der Waals surface area contributed by atoms with Gasteiger partial charge in [-0.25, -0.2) is 9.78 Å². The zero-order chi connectivity index (χ0) is 13.7. The Kier molecular flexibility index (Phi) is 4.48. The fourth-order valence-corrected chi connectivity index (χ4v) is 1.87. The average Bonchev–Trinajstić information content (AvgIpc) is 2.83. The summed E-state index contributed by atoms with van der Waals surface area (Å²) >= 11 is 0. The molecule has 0 spiro atoms. The molecule has 0 unspecified atom stereocenters. The lowest BCUT2D eigenvalue weighted by Crippen LogP contribution is -2.17. The van der Waals surface area contributed by atoms with Crippen LogP contribution in [0.5, 0.6) is 0 Å². The summed E-state index contributed by atoms with van der Waals surface area (Å²) in [6.07, 6.45) is 2.49. The predicted molar refractivity (Wildman–Crippen MR) is 70.4 cm³/mol. The van der Waals surface area contributed by atoms with Crippen molar-refractivity contribution in [1.29, 1.82) is 0 Å². The van der Waals surface area contributed by atoms with Gasteiger partial charge in [-0.1, -0.05) is 6.07 Å². The Morgan fingerprint density at radius 2 is 2.37 bits per heavy atom. The van der Waals surface area contributed by atoms with Crippen molar-refractivity contribution in [2.24, 2.45) is 0 Å². The van der Waals surface area contributed by atoms with E-state index in [1.54, 1.807) is 23.8 Å². The topological polar surface area (TPSA) is 75.9 Å². The van der Waals surface area contributed by atoms with Crippen LogP contribution in [-0.2, 0) is 11.3 Å². The monoisotopic (exact) mass is 263 g/mol. The molecule has 2 N–H and O–H groups in total. The fourth-order valence-electron chi connectivity index (χ4n) is 1.87. The van der Waals surface area contributed by atoms with E-state index in [9.17, 15) is 4.79 Å². The lowest BCUT2D eigenvalue weighted by atomic mass is 10.3. The minimum atomic E-state index is -1.01. The van der Waals surface area contributed by atoms with Gasteiger partial charge in [0.25, 0.3) is 0 Å². The number of pyridine rings is 1. The minimum Gasteiger partial charge on any atom is -0.476 e. The Labute approximate surface area is 111 Å². The summed E-state index contributed by atoms with van der Waals surface area (Å²) in [4.78, 5) is 15.0. The summed E-state index contributed by atoms with van der Waals surface area (Å²) in [5.74, 6) is -1.01. The number of fused-ring (bicyclic) bond motifs is 1. The van der Waals surface area contributed by atoms with Gasteiger partial charge in [0.2, 0.25) is 0 Å². The molecule has 0 aliphatic heterocycles. The van der Waals surface area contributed by atoms with Crippen molar-refractivity contribution in [2.75, 3.05) is 20.3 Å². The zero-order valence-electron chi connectivity index (χ0n) is 10.8. The molecule has 0 aromatic carbocycles. The molecule has 2 aromatic heterocycles. The minimum absolute atomic E-state index is 0.0619. The van der Waals surface area contributed by atoms with Crippen LogP contribution in [0.25, 0.3) is 5.65 Å². The average molecular weight is 263 g/mol. The van der Waals surface area contributed by atoms with Gasteiger partial charge < -0.3 is 19.6 Å². The molecule has 2 aromatic rings. The van der Waals surface area contributed by atoms with Gasteiger partial charge in [-0.05, 0) is 25.1 Å². The lowest BCUT2D eigenvalue weighted by Gasteiger charge is -2.07. The van der Waals surface area contributed by atoms with Crippen LogP contribution in [0.1, 0.15) is 22.6 Å². The first-order valence-electron chi connectivity index (χ1n) is 6.12. The number of aromatic nitrogens is 2. The Hall–Kier alpha value is -1.92. The lowest BCUT2D eigenvalue weighted by molar-refractivity contribution is 0.0691. The van der Waals surface area contributed by atoms with Crippen LogP contribution >= 0.6 is 0 Å². The van der Waals surface area contributed by atoms with Gasteiger partial charge in [0.15, 0.2) is 5.69 Å². The second kappa shape index (κ2) is 6.31. The van der Waals surface area contributed by atoms with Gasteiger partial charge in [-0.15, -0.1) is 0 Å². The smallest absolute Gasteiger partial charge is 0.356 e. The highest BCUT2D eigenvalue weighted by Gasteiger charge is 2.10. The van der Waals surface area contributed by atoms with Gasteiger partial charge in [-0.2, -0.15) is 0 Å². The summed E-state index contributed by atoms with van der Waals surface area (Å²) in [6.45, 7) is 2.24. The summed E-state index contributed by atoms with van der Waals surface area (Å²) in [6, 6.07) is 5.62. The fraction of sp³-hybridized carbons (Fsp3) is 0.385. The standard InChI is InChI=1S/C13H17N3O3/c1-19-7-3-6-14-8-10-4-2-5-12-15-11(13(17)18)9-16(10)12/h2,4-5,9,14H,3,6-8H2,1H3,(H,17,18). The zero-order valence-corrected chi connectivity index (χ0v) is 10.8. The number of imidazole rings is 1. The highest BCUT2D eigenvalue weighted by molar-refractivity contribution is 5.86. The summed E-state index contributed by atoms with van der Waals surface area (Å²) in [7, 11) is 1.68. The van der Waals surface area contributed by atoms with E-state index in [2.05, 4.69) is 10.3 Å². The molecule has 2 rings (SSSR count). The molecule has 2 heterocycles. The SMILES string of the molecule is COCCCNCc1cccc2nc(C(=O)O)cn12. The summed E-state index contributed by atoms with van der Waals surface area (Å²) in [5, 5.41) is 12.2. The van der Waals surface area contributed by atoms with Crippen molar-refractivity contribution >= 4 is 11.6 Å². The molecule has 6 nitrogen and oxygen atoms in total. The number of hydrogen-bond donors (Lipinski definition) is 2. The number of ether oxygens (including phenoxy) is 1. The van der Waals surface area contributed by atoms with E-state index >= 15 is 0 Å². The van der Waals surface area contributed by atoms with Crippen molar-refractivity contribution in [3.8, 4) is 0 Å². The second-order valence-electron chi connectivity index (χ2n) is 4.20. The van der Waals surface area contributed by atoms with E-state index in [1.807, 2.05) is 12.1 Å². The largest absolute Gasteiger partial charge is 0.476 e. The maximum absolute atomic E-state index is 10.9. The molecular formula is C13H17N3O3. The maximum Gasteiger partial charge on any atom is 0.356 e. The van der Waals surface area contributed by atoms with E-state index in [0.717, 1.165) is 25.3 Å². The van der Waals surface area contributed by atoms with Crippen LogP contribution in [0.4, 0.5) is 0 Å². The molecule has 6 heteroatoms. The van der Waals surface area contributed by atoms with Crippen LogP contribution < -0.4 is 5.32 Å². The number of carboxylic acids is 1. The molecule has 0 saturated carbocycles. The molecule has 0 amide bonds. The van der Waals surface area contributed by atoms with Gasteiger partial charge in [0.05, 0.1) is 0 Å². The molecule has 102 valence electrons. The number of carboxylic acid groups (broad SMARTS) is 1. The number of nitrogens with one attached hydrogen (secondary N) is 1. The third kappa shape index (κ3) is 3.30. The number of nitrogens with zero attached hydrogens (tertiary/aromatic N) is 2.